The summed E-state index contributed by atoms with van der Waals surface area (Å²) >= 11 is 5.96. The van der Waals surface area contributed by atoms with Crippen molar-refractivity contribution in [1.29, 1.82) is 0 Å². The Morgan fingerprint density at radius 3 is 2.81 bits per heavy atom. The van der Waals surface area contributed by atoms with Gasteiger partial charge in [-0.3, -0.25) is 4.79 Å². The van der Waals surface area contributed by atoms with Crippen molar-refractivity contribution in [1.82, 2.24) is 5.32 Å². The molecule has 0 heterocycles. The fraction of sp³-hybridized carbons (Fsp3) is 0.462. The Bertz CT molecular complexity index is 352. The van der Waals surface area contributed by atoms with Crippen LogP contribution in [0.25, 0.3) is 0 Å². The molecule has 1 unspecified atom stereocenters. The molecule has 0 bridgehead atoms. The van der Waals surface area contributed by atoms with Gasteiger partial charge in [0.25, 0.3) is 0 Å². The van der Waals surface area contributed by atoms with E-state index in [0.717, 1.165) is 23.4 Å². The maximum Gasteiger partial charge on any atom is 0.220 e. The van der Waals surface area contributed by atoms with Crippen molar-refractivity contribution in [3.63, 3.8) is 0 Å². The second-order valence-corrected chi connectivity index (χ2v) is 4.35. The molecule has 3 heteroatoms. The average molecular weight is 240 g/mol. The highest BCUT2D eigenvalue weighted by molar-refractivity contribution is 6.30. The van der Waals surface area contributed by atoms with Gasteiger partial charge in [-0.05, 0) is 30.0 Å². The summed E-state index contributed by atoms with van der Waals surface area (Å²) < 4.78 is 0. The first-order valence-corrected chi connectivity index (χ1v) is 6.01. The maximum absolute atomic E-state index is 11.4. The van der Waals surface area contributed by atoms with Crippen LogP contribution in [0.3, 0.4) is 0 Å². The molecule has 1 amide bonds. The number of carbonyl (C=O) groups excluding carboxylic acids is 1. The van der Waals surface area contributed by atoms with E-state index in [1.807, 2.05) is 24.3 Å². The molecule has 0 radical (unpaired) electrons. The molecule has 0 saturated heterocycles. The van der Waals surface area contributed by atoms with Crippen LogP contribution < -0.4 is 5.32 Å². The van der Waals surface area contributed by atoms with Crippen LogP contribution in [-0.2, 0) is 4.79 Å². The first-order valence-electron chi connectivity index (χ1n) is 5.63. The van der Waals surface area contributed by atoms with E-state index in [2.05, 4.69) is 12.2 Å². The zero-order valence-corrected chi connectivity index (χ0v) is 10.6. The van der Waals surface area contributed by atoms with E-state index in [1.54, 1.807) is 7.05 Å². The third kappa shape index (κ3) is 3.86. The number of amides is 1. The number of carbonyl (C=O) groups is 1. The van der Waals surface area contributed by atoms with Gasteiger partial charge in [-0.1, -0.05) is 37.1 Å². The highest BCUT2D eigenvalue weighted by atomic mass is 35.5. The van der Waals surface area contributed by atoms with E-state index in [4.69, 9.17) is 11.6 Å². The van der Waals surface area contributed by atoms with E-state index in [0.29, 0.717) is 6.42 Å². The van der Waals surface area contributed by atoms with E-state index < -0.39 is 0 Å². The van der Waals surface area contributed by atoms with Crippen molar-refractivity contribution < 1.29 is 4.79 Å². The number of hydrogen-bond donors (Lipinski definition) is 1. The fourth-order valence-electron chi connectivity index (χ4n) is 1.82. The summed E-state index contributed by atoms with van der Waals surface area (Å²) in [6.07, 6.45) is 2.60. The summed E-state index contributed by atoms with van der Waals surface area (Å²) in [5, 5.41) is 3.40. The summed E-state index contributed by atoms with van der Waals surface area (Å²) in [6, 6.07) is 7.78. The normalized spacial score (nSPS) is 12.2. The van der Waals surface area contributed by atoms with Crippen LogP contribution in [0.2, 0.25) is 5.02 Å². The molecule has 88 valence electrons. The number of hydrogen-bond acceptors (Lipinski definition) is 1. The molecule has 1 aromatic carbocycles. The Morgan fingerprint density at radius 2 is 2.25 bits per heavy atom. The summed E-state index contributed by atoms with van der Waals surface area (Å²) in [6.45, 7) is 2.13. The van der Waals surface area contributed by atoms with Gasteiger partial charge in [0.15, 0.2) is 0 Å². The molecule has 1 atom stereocenters. The minimum atomic E-state index is 0.0819. The summed E-state index contributed by atoms with van der Waals surface area (Å²) in [7, 11) is 1.67. The first-order chi connectivity index (χ1) is 7.67. The molecular weight excluding hydrogens is 222 g/mol. The van der Waals surface area contributed by atoms with Crippen molar-refractivity contribution >= 4 is 17.5 Å². The van der Waals surface area contributed by atoms with Crippen LogP contribution in [0, 0.1) is 0 Å². The van der Waals surface area contributed by atoms with Gasteiger partial charge < -0.3 is 5.32 Å². The molecule has 1 aromatic rings. The van der Waals surface area contributed by atoms with E-state index in [1.165, 1.54) is 0 Å². The van der Waals surface area contributed by atoms with Crippen LogP contribution in [0.15, 0.2) is 24.3 Å². The molecule has 1 N–H and O–H groups in total. The lowest BCUT2D eigenvalue weighted by Crippen LogP contribution is -2.20. The second-order valence-electron chi connectivity index (χ2n) is 3.92. The molecule has 0 saturated carbocycles. The SMILES string of the molecule is CCCC(CC(=O)NC)c1cccc(Cl)c1. The van der Waals surface area contributed by atoms with Crippen molar-refractivity contribution in [2.24, 2.45) is 0 Å². The lowest BCUT2D eigenvalue weighted by Gasteiger charge is -2.15. The first kappa shape index (κ1) is 13.0. The summed E-state index contributed by atoms with van der Waals surface area (Å²) in [5.74, 6) is 0.349. The van der Waals surface area contributed by atoms with E-state index >= 15 is 0 Å². The Balaban J connectivity index is 2.80. The molecule has 0 spiro atoms. The van der Waals surface area contributed by atoms with Crippen molar-refractivity contribution in [3.05, 3.63) is 34.9 Å². The zero-order chi connectivity index (χ0) is 12.0. The van der Waals surface area contributed by atoms with Gasteiger partial charge in [0.1, 0.15) is 0 Å². The molecule has 0 fully saturated rings. The number of nitrogens with one attached hydrogen (secondary N) is 1. The van der Waals surface area contributed by atoms with Crippen molar-refractivity contribution in [3.8, 4) is 0 Å². The smallest absolute Gasteiger partial charge is 0.220 e. The Hall–Kier alpha value is -1.02. The minimum absolute atomic E-state index is 0.0819. The Labute approximate surface area is 102 Å². The maximum atomic E-state index is 11.4. The molecule has 1 rings (SSSR count). The quantitative estimate of drug-likeness (QED) is 0.839. The predicted molar refractivity (Wildman–Crippen MR) is 67.8 cm³/mol. The van der Waals surface area contributed by atoms with Gasteiger partial charge in [-0.2, -0.15) is 0 Å². The van der Waals surface area contributed by atoms with Gasteiger partial charge in [0.05, 0.1) is 0 Å². The lowest BCUT2D eigenvalue weighted by molar-refractivity contribution is -0.121. The highest BCUT2D eigenvalue weighted by Crippen LogP contribution is 2.26. The molecule has 0 aliphatic heterocycles. The summed E-state index contributed by atoms with van der Waals surface area (Å²) in [5.41, 5.74) is 1.15. The van der Waals surface area contributed by atoms with Gasteiger partial charge >= 0.3 is 0 Å². The third-order valence-electron chi connectivity index (χ3n) is 2.67. The molecular formula is C13H18ClNO. The van der Waals surface area contributed by atoms with Crippen molar-refractivity contribution in [2.45, 2.75) is 32.1 Å². The highest BCUT2D eigenvalue weighted by Gasteiger charge is 2.14. The fourth-order valence-corrected chi connectivity index (χ4v) is 2.02. The van der Waals surface area contributed by atoms with E-state index in [-0.39, 0.29) is 11.8 Å². The van der Waals surface area contributed by atoms with Crippen LogP contribution in [0.5, 0.6) is 0 Å². The molecule has 2 nitrogen and oxygen atoms in total. The molecule has 0 aromatic heterocycles. The van der Waals surface area contributed by atoms with Gasteiger partial charge in [-0.15, -0.1) is 0 Å². The average Bonchev–Trinajstić information content (AvgIpc) is 2.28. The Morgan fingerprint density at radius 1 is 1.50 bits per heavy atom. The van der Waals surface area contributed by atoms with E-state index in [9.17, 15) is 4.79 Å². The zero-order valence-electron chi connectivity index (χ0n) is 9.79. The summed E-state index contributed by atoms with van der Waals surface area (Å²) in [4.78, 5) is 11.4. The van der Waals surface area contributed by atoms with Gasteiger partial charge in [-0.25, -0.2) is 0 Å². The van der Waals surface area contributed by atoms with Crippen LogP contribution in [0.1, 0.15) is 37.7 Å². The number of rotatable bonds is 5. The standard InChI is InChI=1S/C13H18ClNO/c1-3-5-10(9-13(16)15-2)11-6-4-7-12(14)8-11/h4,6-8,10H,3,5,9H2,1-2H3,(H,15,16). The Kier molecular flexibility index (Phi) is 5.33. The van der Waals surface area contributed by atoms with Gasteiger partial charge in [0, 0.05) is 18.5 Å². The van der Waals surface area contributed by atoms with Crippen LogP contribution >= 0.6 is 11.6 Å². The monoisotopic (exact) mass is 239 g/mol. The molecule has 0 aliphatic rings. The topological polar surface area (TPSA) is 29.1 Å². The van der Waals surface area contributed by atoms with Gasteiger partial charge in [0.2, 0.25) is 5.91 Å². The minimum Gasteiger partial charge on any atom is -0.359 e. The van der Waals surface area contributed by atoms with Crippen molar-refractivity contribution in [2.75, 3.05) is 7.05 Å². The molecule has 0 aliphatic carbocycles. The predicted octanol–water partition coefficient (Wildman–Crippen LogP) is 3.36. The largest absolute Gasteiger partial charge is 0.359 e. The number of halogens is 1. The lowest BCUT2D eigenvalue weighted by atomic mass is 9.91. The van der Waals surface area contributed by atoms with Crippen LogP contribution in [0.4, 0.5) is 0 Å². The third-order valence-corrected chi connectivity index (χ3v) is 2.90. The second kappa shape index (κ2) is 6.54. The van der Waals surface area contributed by atoms with Crippen LogP contribution in [-0.4, -0.2) is 13.0 Å². The number of benzene rings is 1. The molecule has 16 heavy (non-hydrogen) atoms.